The molecule has 0 aromatic heterocycles. The van der Waals surface area contributed by atoms with Crippen LogP contribution in [0.5, 0.6) is 0 Å². The molecular formula is C22H17NO4. The van der Waals surface area contributed by atoms with Crippen LogP contribution in [0.1, 0.15) is 38.0 Å². The number of nitrogens with one attached hydrogen (secondary N) is 1. The van der Waals surface area contributed by atoms with E-state index in [2.05, 4.69) is 5.48 Å². The molecule has 3 aromatic carbocycles. The second kappa shape index (κ2) is 8.10. The van der Waals surface area contributed by atoms with E-state index < -0.39 is 11.9 Å². The van der Waals surface area contributed by atoms with E-state index in [4.69, 9.17) is 4.84 Å². The highest BCUT2D eigenvalue weighted by Crippen LogP contribution is 2.21. The Hall–Kier alpha value is -3.73. The first-order valence-corrected chi connectivity index (χ1v) is 8.32. The maximum absolute atomic E-state index is 12.3. The predicted octanol–water partition coefficient (Wildman–Crippen LogP) is 4.06. The molecule has 0 radical (unpaired) electrons. The van der Waals surface area contributed by atoms with Gasteiger partial charge in [-0.1, -0.05) is 54.6 Å². The van der Waals surface area contributed by atoms with Crippen LogP contribution >= 0.6 is 0 Å². The summed E-state index contributed by atoms with van der Waals surface area (Å²) in [5.41, 5.74) is 5.17. The van der Waals surface area contributed by atoms with Crippen molar-refractivity contribution in [3.05, 3.63) is 95.6 Å². The molecule has 0 fully saturated rings. The molecule has 0 aliphatic heterocycles. The molecule has 0 aliphatic carbocycles. The molecule has 1 N–H and O–H groups in total. The Morgan fingerprint density at radius 2 is 1.37 bits per heavy atom. The predicted molar refractivity (Wildman–Crippen MR) is 101 cm³/mol. The minimum atomic E-state index is -0.639. The van der Waals surface area contributed by atoms with Crippen molar-refractivity contribution in [1.29, 1.82) is 0 Å². The zero-order valence-corrected chi connectivity index (χ0v) is 14.6. The number of hydrogen-bond acceptors (Lipinski definition) is 4. The van der Waals surface area contributed by atoms with E-state index in [9.17, 15) is 14.4 Å². The normalized spacial score (nSPS) is 10.1. The lowest BCUT2D eigenvalue weighted by atomic mass is 10.0. The van der Waals surface area contributed by atoms with Crippen LogP contribution in [0.2, 0.25) is 0 Å². The molecule has 0 aliphatic rings. The van der Waals surface area contributed by atoms with Crippen LogP contribution < -0.4 is 5.48 Å². The number of rotatable bonds is 4. The number of carbonyl (C=O) groups excluding carboxylic acids is 3. The summed E-state index contributed by atoms with van der Waals surface area (Å²) in [5.74, 6) is -1.17. The third-order valence-corrected chi connectivity index (χ3v) is 4.00. The number of hydroxylamine groups is 1. The van der Waals surface area contributed by atoms with Crippen molar-refractivity contribution < 1.29 is 19.2 Å². The number of Topliss-reactive ketones (excluding diaryl/α,β-unsaturated/α-hetero) is 1. The molecule has 0 unspecified atom stereocenters. The lowest BCUT2D eigenvalue weighted by molar-refractivity contribution is 0.0230. The van der Waals surface area contributed by atoms with E-state index in [-0.39, 0.29) is 5.78 Å². The number of hydrogen-bond donors (Lipinski definition) is 1. The van der Waals surface area contributed by atoms with Gasteiger partial charge in [0.1, 0.15) is 0 Å². The zero-order chi connectivity index (χ0) is 19.2. The quantitative estimate of drug-likeness (QED) is 0.563. The monoisotopic (exact) mass is 359 g/mol. The van der Waals surface area contributed by atoms with Gasteiger partial charge in [0, 0.05) is 11.1 Å². The highest BCUT2D eigenvalue weighted by atomic mass is 16.7. The Bertz CT molecular complexity index is 979. The van der Waals surface area contributed by atoms with Crippen molar-refractivity contribution in [2.24, 2.45) is 0 Å². The summed E-state index contributed by atoms with van der Waals surface area (Å²) < 4.78 is 0. The van der Waals surface area contributed by atoms with E-state index in [0.717, 1.165) is 11.1 Å². The van der Waals surface area contributed by atoms with Crippen molar-refractivity contribution in [3.8, 4) is 11.1 Å². The largest absolute Gasteiger partial charge is 0.362 e. The van der Waals surface area contributed by atoms with Crippen LogP contribution in [-0.4, -0.2) is 17.7 Å². The van der Waals surface area contributed by atoms with Crippen molar-refractivity contribution in [2.75, 3.05) is 0 Å². The SMILES string of the molecule is CC(=O)c1ccc(-c2cccc(C(=O)NOC(=O)c3ccccc3)c2)cc1. The van der Waals surface area contributed by atoms with E-state index in [0.29, 0.717) is 16.7 Å². The number of benzene rings is 3. The van der Waals surface area contributed by atoms with E-state index in [1.54, 1.807) is 60.7 Å². The second-order valence-corrected chi connectivity index (χ2v) is 5.90. The molecule has 0 saturated heterocycles. The van der Waals surface area contributed by atoms with Gasteiger partial charge in [0.2, 0.25) is 0 Å². The first kappa shape index (κ1) is 18.1. The van der Waals surface area contributed by atoms with Gasteiger partial charge in [-0.3, -0.25) is 9.59 Å². The molecule has 1 amide bonds. The molecule has 0 bridgehead atoms. The van der Waals surface area contributed by atoms with Gasteiger partial charge in [-0.05, 0) is 42.3 Å². The van der Waals surface area contributed by atoms with Crippen molar-refractivity contribution in [3.63, 3.8) is 0 Å². The van der Waals surface area contributed by atoms with Gasteiger partial charge >= 0.3 is 5.97 Å². The summed E-state index contributed by atoms with van der Waals surface area (Å²) in [5, 5.41) is 0. The van der Waals surface area contributed by atoms with Crippen LogP contribution in [-0.2, 0) is 4.84 Å². The van der Waals surface area contributed by atoms with Gasteiger partial charge in [-0.15, -0.1) is 0 Å². The number of ketones is 1. The van der Waals surface area contributed by atoms with Crippen molar-refractivity contribution in [2.45, 2.75) is 6.92 Å². The third-order valence-electron chi connectivity index (χ3n) is 4.00. The van der Waals surface area contributed by atoms with Gasteiger partial charge in [-0.25, -0.2) is 4.79 Å². The average Bonchev–Trinajstić information content (AvgIpc) is 2.72. The van der Waals surface area contributed by atoms with Crippen LogP contribution in [0.4, 0.5) is 0 Å². The summed E-state index contributed by atoms with van der Waals surface area (Å²) in [6.45, 7) is 1.51. The van der Waals surface area contributed by atoms with Crippen LogP contribution in [0.15, 0.2) is 78.9 Å². The third kappa shape index (κ3) is 4.46. The molecule has 0 atom stereocenters. The molecule has 134 valence electrons. The summed E-state index contributed by atoms with van der Waals surface area (Å²) in [6, 6.07) is 22.4. The van der Waals surface area contributed by atoms with Gasteiger partial charge < -0.3 is 4.84 Å². The Morgan fingerprint density at radius 3 is 2.04 bits per heavy atom. The van der Waals surface area contributed by atoms with Crippen LogP contribution in [0, 0.1) is 0 Å². The Morgan fingerprint density at radius 1 is 0.704 bits per heavy atom. The van der Waals surface area contributed by atoms with Gasteiger partial charge in [0.15, 0.2) is 5.78 Å². The Balaban J connectivity index is 1.70. The fourth-order valence-corrected chi connectivity index (χ4v) is 2.52. The number of carbonyl (C=O) groups is 3. The molecule has 5 nitrogen and oxygen atoms in total. The maximum Gasteiger partial charge on any atom is 0.362 e. The Labute approximate surface area is 156 Å². The highest BCUT2D eigenvalue weighted by molar-refractivity contribution is 5.97. The second-order valence-electron chi connectivity index (χ2n) is 5.90. The average molecular weight is 359 g/mol. The standard InChI is InChI=1S/C22H17NO4/c1-15(24)16-10-12-17(13-11-16)19-8-5-9-20(14-19)21(25)23-27-22(26)18-6-3-2-4-7-18/h2-14H,1H3,(H,23,25). The fourth-order valence-electron chi connectivity index (χ4n) is 2.52. The maximum atomic E-state index is 12.3. The molecule has 3 rings (SSSR count). The van der Waals surface area contributed by atoms with Crippen molar-refractivity contribution in [1.82, 2.24) is 5.48 Å². The molecule has 3 aromatic rings. The first-order valence-electron chi connectivity index (χ1n) is 8.32. The van der Waals surface area contributed by atoms with Gasteiger partial charge in [0.25, 0.3) is 5.91 Å². The zero-order valence-electron chi connectivity index (χ0n) is 14.6. The van der Waals surface area contributed by atoms with E-state index in [1.165, 1.54) is 6.92 Å². The van der Waals surface area contributed by atoms with Gasteiger partial charge in [-0.2, -0.15) is 5.48 Å². The minimum absolute atomic E-state index is 0.00471. The molecular weight excluding hydrogens is 342 g/mol. The highest BCUT2D eigenvalue weighted by Gasteiger charge is 2.12. The molecule has 0 heterocycles. The lowest BCUT2D eigenvalue weighted by Crippen LogP contribution is -2.27. The summed E-state index contributed by atoms with van der Waals surface area (Å²) >= 11 is 0. The van der Waals surface area contributed by atoms with E-state index in [1.807, 2.05) is 18.2 Å². The van der Waals surface area contributed by atoms with Crippen LogP contribution in [0.3, 0.4) is 0 Å². The molecule has 5 heteroatoms. The van der Waals surface area contributed by atoms with Crippen LogP contribution in [0.25, 0.3) is 11.1 Å². The smallest absolute Gasteiger partial charge is 0.335 e. The minimum Gasteiger partial charge on any atom is -0.335 e. The van der Waals surface area contributed by atoms with E-state index >= 15 is 0 Å². The molecule has 0 saturated carbocycles. The molecule has 27 heavy (non-hydrogen) atoms. The van der Waals surface area contributed by atoms with Crippen molar-refractivity contribution >= 4 is 17.7 Å². The van der Waals surface area contributed by atoms with Gasteiger partial charge in [0.05, 0.1) is 5.56 Å². The lowest BCUT2D eigenvalue weighted by Gasteiger charge is -2.08. The summed E-state index contributed by atoms with van der Waals surface area (Å²) in [6.07, 6.45) is 0. The Kier molecular flexibility index (Phi) is 5.42. The summed E-state index contributed by atoms with van der Waals surface area (Å²) in [4.78, 5) is 40.4. The summed E-state index contributed by atoms with van der Waals surface area (Å²) in [7, 11) is 0. The topological polar surface area (TPSA) is 72.5 Å². The fraction of sp³-hybridized carbons (Fsp3) is 0.0455. The number of amides is 1. The first-order chi connectivity index (χ1) is 13.0. The molecule has 0 spiro atoms.